The first-order chi connectivity index (χ1) is 7.60. The fourth-order valence-corrected chi connectivity index (χ4v) is 1.54. The second kappa shape index (κ2) is 5.75. The molecule has 5 heteroatoms. The zero-order chi connectivity index (χ0) is 12.0. The molecule has 0 aromatic carbocycles. The lowest BCUT2D eigenvalue weighted by atomic mass is 10.0. The van der Waals surface area contributed by atoms with Gasteiger partial charge in [-0.1, -0.05) is 25.8 Å². The number of allylic oxidation sites excluding steroid dienone is 2. The van der Waals surface area contributed by atoms with Crippen LogP contribution in [-0.2, 0) is 4.74 Å². The van der Waals surface area contributed by atoms with Crippen molar-refractivity contribution in [3.05, 3.63) is 34.2 Å². The van der Waals surface area contributed by atoms with Crippen molar-refractivity contribution in [3.63, 3.8) is 0 Å². The van der Waals surface area contributed by atoms with E-state index in [-0.39, 0.29) is 13.0 Å². The third kappa shape index (κ3) is 3.13. The Bertz CT molecular complexity index is 314. The van der Waals surface area contributed by atoms with Crippen molar-refractivity contribution in [1.82, 2.24) is 0 Å². The summed E-state index contributed by atoms with van der Waals surface area (Å²) >= 11 is 0. The number of rotatable bonds is 6. The maximum atomic E-state index is 13.0. The number of hydrogen-bond acceptors (Lipinski definition) is 3. The van der Waals surface area contributed by atoms with Gasteiger partial charge < -0.3 is 4.74 Å². The lowest BCUT2D eigenvalue weighted by Gasteiger charge is -2.22. The van der Waals surface area contributed by atoms with Crippen molar-refractivity contribution in [1.29, 1.82) is 0 Å². The van der Waals surface area contributed by atoms with E-state index in [1.165, 1.54) is 12.2 Å². The summed E-state index contributed by atoms with van der Waals surface area (Å²) in [4.78, 5) is 10.4. The fraction of sp³-hybridized carbons (Fsp3) is 0.636. The van der Waals surface area contributed by atoms with Gasteiger partial charge >= 0.3 is 5.72 Å². The molecule has 0 aromatic heterocycles. The standard InChI is InChI=1S/C11H16FNO3/c1-2-3-4-8-16-11(13(14)15)7-5-6-10(12)9-11/h5-6,9H,2-4,7-8H2,1H3. The summed E-state index contributed by atoms with van der Waals surface area (Å²) in [6.07, 6.45) is 6.40. The second-order valence-electron chi connectivity index (χ2n) is 3.79. The van der Waals surface area contributed by atoms with Crippen LogP contribution in [-0.4, -0.2) is 17.3 Å². The van der Waals surface area contributed by atoms with E-state index in [2.05, 4.69) is 0 Å². The highest BCUT2D eigenvalue weighted by Crippen LogP contribution is 2.27. The lowest BCUT2D eigenvalue weighted by molar-refractivity contribution is -0.613. The first-order valence-corrected chi connectivity index (χ1v) is 5.44. The Labute approximate surface area is 93.9 Å². The Morgan fingerprint density at radius 2 is 2.38 bits per heavy atom. The molecular weight excluding hydrogens is 213 g/mol. The molecule has 1 aliphatic carbocycles. The Kier molecular flexibility index (Phi) is 4.61. The molecular formula is C11H16FNO3. The summed E-state index contributed by atoms with van der Waals surface area (Å²) in [5.41, 5.74) is -1.70. The van der Waals surface area contributed by atoms with Crippen molar-refractivity contribution in [2.24, 2.45) is 0 Å². The van der Waals surface area contributed by atoms with E-state index in [1.807, 2.05) is 6.92 Å². The lowest BCUT2D eigenvalue weighted by Crippen LogP contribution is -2.40. The average Bonchev–Trinajstić information content (AvgIpc) is 2.24. The van der Waals surface area contributed by atoms with Crippen molar-refractivity contribution in [2.45, 2.75) is 38.3 Å². The van der Waals surface area contributed by atoms with Crippen molar-refractivity contribution >= 4 is 0 Å². The van der Waals surface area contributed by atoms with Crippen LogP contribution in [0.5, 0.6) is 0 Å². The second-order valence-corrected chi connectivity index (χ2v) is 3.79. The van der Waals surface area contributed by atoms with Gasteiger partial charge in [-0.15, -0.1) is 0 Å². The highest BCUT2D eigenvalue weighted by atomic mass is 19.1. The Hall–Kier alpha value is -1.23. The number of halogens is 1. The summed E-state index contributed by atoms with van der Waals surface area (Å²) in [5.74, 6) is -0.613. The molecule has 0 bridgehead atoms. The first kappa shape index (κ1) is 12.8. The van der Waals surface area contributed by atoms with Gasteiger partial charge in [0, 0.05) is 0 Å². The third-order valence-corrected chi connectivity index (χ3v) is 2.46. The fourth-order valence-electron chi connectivity index (χ4n) is 1.54. The molecule has 0 fully saturated rings. The molecule has 0 amide bonds. The molecule has 0 spiro atoms. The molecule has 90 valence electrons. The van der Waals surface area contributed by atoms with Crippen LogP contribution < -0.4 is 0 Å². The largest absolute Gasteiger partial charge is 0.351 e. The normalized spacial score (nSPS) is 24.2. The topological polar surface area (TPSA) is 52.4 Å². The zero-order valence-electron chi connectivity index (χ0n) is 9.32. The van der Waals surface area contributed by atoms with Crippen LogP contribution in [0.15, 0.2) is 24.1 Å². The molecule has 1 rings (SSSR count). The molecule has 0 aromatic rings. The molecule has 0 saturated heterocycles. The SMILES string of the molecule is CCCCCOC1([N+](=O)[O-])C=C(F)C=CC1. The van der Waals surface area contributed by atoms with Crippen LogP contribution in [0.2, 0.25) is 0 Å². The van der Waals surface area contributed by atoms with E-state index in [0.717, 1.165) is 25.3 Å². The van der Waals surface area contributed by atoms with E-state index in [0.29, 0.717) is 0 Å². The predicted octanol–water partition coefficient (Wildman–Crippen LogP) is 2.98. The quantitative estimate of drug-likeness (QED) is 0.304. The summed E-state index contributed by atoms with van der Waals surface area (Å²) < 4.78 is 18.2. The zero-order valence-corrected chi connectivity index (χ0v) is 9.32. The summed E-state index contributed by atoms with van der Waals surface area (Å²) in [6, 6.07) is 0. The minimum Gasteiger partial charge on any atom is -0.311 e. The van der Waals surface area contributed by atoms with Crippen LogP contribution in [0.25, 0.3) is 0 Å². The highest BCUT2D eigenvalue weighted by Gasteiger charge is 2.42. The van der Waals surface area contributed by atoms with Crippen LogP contribution >= 0.6 is 0 Å². The number of ether oxygens (including phenoxy) is 1. The van der Waals surface area contributed by atoms with Crippen LogP contribution in [0, 0.1) is 10.1 Å². The van der Waals surface area contributed by atoms with Gasteiger partial charge in [0.05, 0.1) is 24.0 Å². The Balaban J connectivity index is 2.61. The molecule has 0 heterocycles. The van der Waals surface area contributed by atoms with Crippen molar-refractivity contribution in [3.8, 4) is 0 Å². The van der Waals surface area contributed by atoms with Crippen molar-refractivity contribution in [2.75, 3.05) is 6.61 Å². The molecule has 0 N–H and O–H groups in total. The molecule has 0 saturated carbocycles. The minimum absolute atomic E-state index is 0.0829. The van der Waals surface area contributed by atoms with Crippen LogP contribution in [0.4, 0.5) is 4.39 Å². The van der Waals surface area contributed by atoms with E-state index >= 15 is 0 Å². The molecule has 0 aliphatic heterocycles. The van der Waals surface area contributed by atoms with Crippen molar-refractivity contribution < 1.29 is 14.1 Å². The molecule has 0 radical (unpaired) electrons. The number of hydrogen-bond donors (Lipinski definition) is 0. The third-order valence-electron chi connectivity index (χ3n) is 2.46. The predicted molar refractivity (Wildman–Crippen MR) is 58.2 cm³/mol. The van der Waals surface area contributed by atoms with E-state index in [1.54, 1.807) is 0 Å². The molecule has 16 heavy (non-hydrogen) atoms. The van der Waals surface area contributed by atoms with E-state index < -0.39 is 16.5 Å². The highest BCUT2D eigenvalue weighted by molar-refractivity contribution is 5.21. The molecule has 4 nitrogen and oxygen atoms in total. The summed E-state index contributed by atoms with van der Waals surface area (Å²) in [7, 11) is 0. The van der Waals surface area contributed by atoms with Gasteiger partial charge in [0.1, 0.15) is 5.83 Å². The Morgan fingerprint density at radius 3 is 2.94 bits per heavy atom. The van der Waals surface area contributed by atoms with Crippen LogP contribution in [0.1, 0.15) is 32.6 Å². The number of nitrogens with zero attached hydrogens (tertiary/aromatic N) is 1. The maximum absolute atomic E-state index is 13.0. The summed E-state index contributed by atoms with van der Waals surface area (Å²) in [5, 5.41) is 10.9. The smallest absolute Gasteiger partial charge is 0.311 e. The Morgan fingerprint density at radius 1 is 1.62 bits per heavy atom. The van der Waals surface area contributed by atoms with Crippen LogP contribution in [0.3, 0.4) is 0 Å². The van der Waals surface area contributed by atoms with Gasteiger partial charge in [-0.05, 0) is 12.5 Å². The minimum atomic E-state index is -1.70. The number of unbranched alkanes of at least 4 members (excludes halogenated alkanes) is 2. The van der Waals surface area contributed by atoms with Gasteiger partial charge in [0.2, 0.25) is 0 Å². The number of nitro groups is 1. The van der Waals surface area contributed by atoms with Gasteiger partial charge in [-0.25, -0.2) is 4.39 Å². The molecule has 1 atom stereocenters. The van der Waals surface area contributed by atoms with Gasteiger partial charge in [0.15, 0.2) is 0 Å². The maximum Gasteiger partial charge on any atom is 0.351 e. The summed E-state index contributed by atoms with van der Waals surface area (Å²) in [6.45, 7) is 2.32. The van der Waals surface area contributed by atoms with Gasteiger partial charge in [-0.3, -0.25) is 10.1 Å². The van der Waals surface area contributed by atoms with Gasteiger partial charge in [0.25, 0.3) is 0 Å². The first-order valence-electron chi connectivity index (χ1n) is 5.44. The van der Waals surface area contributed by atoms with E-state index in [4.69, 9.17) is 4.74 Å². The average molecular weight is 229 g/mol. The molecule has 1 aliphatic rings. The monoisotopic (exact) mass is 229 g/mol. The van der Waals surface area contributed by atoms with E-state index in [9.17, 15) is 14.5 Å². The van der Waals surface area contributed by atoms with Gasteiger partial charge in [-0.2, -0.15) is 0 Å². The molecule has 1 unspecified atom stereocenters.